The van der Waals surface area contributed by atoms with Gasteiger partial charge < -0.3 is 15.5 Å². The zero-order valence-corrected chi connectivity index (χ0v) is 14.8. The SMILES string of the molecule is NCCCCCCC(=O)N1CCCN(C(=O)c2cccc(F)c2)CC1. The van der Waals surface area contributed by atoms with Crippen molar-refractivity contribution in [1.82, 2.24) is 9.80 Å². The molecular weight excluding hydrogens is 321 g/mol. The van der Waals surface area contributed by atoms with Crippen LogP contribution in [-0.4, -0.2) is 54.3 Å². The number of hydrogen-bond donors (Lipinski definition) is 1. The molecule has 0 spiro atoms. The maximum absolute atomic E-state index is 13.3. The molecule has 1 heterocycles. The summed E-state index contributed by atoms with van der Waals surface area (Å²) in [5.74, 6) is -0.421. The minimum atomic E-state index is -0.410. The molecule has 0 unspecified atom stereocenters. The maximum Gasteiger partial charge on any atom is 0.254 e. The summed E-state index contributed by atoms with van der Waals surface area (Å²) in [5.41, 5.74) is 5.83. The van der Waals surface area contributed by atoms with Crippen molar-refractivity contribution in [3.8, 4) is 0 Å². The monoisotopic (exact) mass is 349 g/mol. The first-order valence-electron chi connectivity index (χ1n) is 9.14. The molecule has 1 aromatic rings. The van der Waals surface area contributed by atoms with Crippen molar-refractivity contribution in [2.24, 2.45) is 5.73 Å². The minimum absolute atomic E-state index is 0.160. The molecule has 1 fully saturated rings. The highest BCUT2D eigenvalue weighted by atomic mass is 19.1. The lowest BCUT2D eigenvalue weighted by molar-refractivity contribution is -0.131. The van der Waals surface area contributed by atoms with Gasteiger partial charge in [-0.15, -0.1) is 0 Å². The van der Waals surface area contributed by atoms with Crippen LogP contribution in [-0.2, 0) is 4.79 Å². The Kier molecular flexibility index (Phi) is 7.85. The summed E-state index contributed by atoms with van der Waals surface area (Å²) in [6.07, 6.45) is 5.30. The molecular formula is C19H28FN3O2. The molecule has 0 bridgehead atoms. The lowest BCUT2D eigenvalue weighted by atomic mass is 10.1. The van der Waals surface area contributed by atoms with E-state index in [0.29, 0.717) is 44.7 Å². The van der Waals surface area contributed by atoms with E-state index in [4.69, 9.17) is 5.73 Å². The fourth-order valence-electron chi connectivity index (χ4n) is 3.11. The van der Waals surface area contributed by atoms with Crippen LogP contribution in [0.2, 0.25) is 0 Å². The first-order valence-corrected chi connectivity index (χ1v) is 9.14. The molecule has 2 rings (SSSR count). The quantitative estimate of drug-likeness (QED) is 0.769. The summed E-state index contributed by atoms with van der Waals surface area (Å²) in [6, 6.07) is 5.76. The molecule has 5 nitrogen and oxygen atoms in total. The van der Waals surface area contributed by atoms with Gasteiger partial charge in [0.1, 0.15) is 5.82 Å². The van der Waals surface area contributed by atoms with E-state index in [9.17, 15) is 14.0 Å². The Morgan fingerprint density at radius 3 is 2.48 bits per heavy atom. The summed E-state index contributed by atoms with van der Waals surface area (Å²) in [4.78, 5) is 28.4. The zero-order valence-electron chi connectivity index (χ0n) is 14.8. The van der Waals surface area contributed by atoms with Gasteiger partial charge in [-0.3, -0.25) is 9.59 Å². The number of amides is 2. The van der Waals surface area contributed by atoms with Crippen molar-refractivity contribution in [1.29, 1.82) is 0 Å². The smallest absolute Gasteiger partial charge is 0.254 e. The Bertz CT molecular complexity index is 580. The maximum atomic E-state index is 13.3. The molecule has 1 aliphatic rings. The van der Waals surface area contributed by atoms with Crippen LogP contribution in [0, 0.1) is 5.82 Å². The van der Waals surface area contributed by atoms with E-state index in [0.717, 1.165) is 32.1 Å². The van der Waals surface area contributed by atoms with Gasteiger partial charge in [0.2, 0.25) is 5.91 Å². The van der Waals surface area contributed by atoms with Gasteiger partial charge in [-0.25, -0.2) is 4.39 Å². The van der Waals surface area contributed by atoms with Crippen LogP contribution in [0.25, 0.3) is 0 Å². The molecule has 0 aromatic heterocycles. The molecule has 6 heteroatoms. The standard InChI is InChI=1S/C19H28FN3O2/c20-17-8-5-7-16(15-17)19(25)23-12-6-11-22(13-14-23)18(24)9-3-1-2-4-10-21/h5,7-8,15H,1-4,6,9-14,21H2. The number of benzene rings is 1. The van der Waals surface area contributed by atoms with Gasteiger partial charge in [-0.1, -0.05) is 18.9 Å². The number of halogens is 1. The van der Waals surface area contributed by atoms with Crippen LogP contribution < -0.4 is 5.73 Å². The Morgan fingerprint density at radius 2 is 1.72 bits per heavy atom. The van der Waals surface area contributed by atoms with Gasteiger partial charge in [-0.2, -0.15) is 0 Å². The number of carbonyl (C=O) groups excluding carboxylic acids is 2. The Hall–Kier alpha value is -1.95. The van der Waals surface area contributed by atoms with E-state index >= 15 is 0 Å². The third kappa shape index (κ3) is 6.12. The van der Waals surface area contributed by atoms with Crippen molar-refractivity contribution in [3.63, 3.8) is 0 Å². The molecule has 1 aromatic carbocycles. The van der Waals surface area contributed by atoms with Gasteiger partial charge >= 0.3 is 0 Å². The van der Waals surface area contributed by atoms with E-state index in [2.05, 4.69) is 0 Å². The molecule has 2 N–H and O–H groups in total. The molecule has 0 radical (unpaired) electrons. The lowest BCUT2D eigenvalue weighted by Crippen LogP contribution is -2.37. The van der Waals surface area contributed by atoms with E-state index in [1.165, 1.54) is 12.1 Å². The number of nitrogens with two attached hydrogens (primary N) is 1. The van der Waals surface area contributed by atoms with Crippen LogP contribution >= 0.6 is 0 Å². The average Bonchev–Trinajstić information content (AvgIpc) is 2.87. The molecule has 1 aliphatic heterocycles. The summed E-state index contributed by atoms with van der Waals surface area (Å²) in [5, 5.41) is 0. The van der Waals surface area contributed by atoms with E-state index in [-0.39, 0.29) is 11.8 Å². The van der Waals surface area contributed by atoms with Crippen LogP contribution in [0.3, 0.4) is 0 Å². The predicted molar refractivity (Wildman–Crippen MR) is 95.6 cm³/mol. The number of unbranched alkanes of at least 4 members (excludes halogenated alkanes) is 3. The van der Waals surface area contributed by atoms with Crippen molar-refractivity contribution in [2.75, 3.05) is 32.7 Å². The highest BCUT2D eigenvalue weighted by Crippen LogP contribution is 2.12. The van der Waals surface area contributed by atoms with Gasteiger partial charge in [0.15, 0.2) is 0 Å². The lowest BCUT2D eigenvalue weighted by Gasteiger charge is -2.22. The molecule has 0 saturated carbocycles. The number of rotatable bonds is 7. The van der Waals surface area contributed by atoms with E-state index < -0.39 is 5.82 Å². The first kappa shape index (κ1) is 19.4. The molecule has 0 atom stereocenters. The Morgan fingerprint density at radius 1 is 1.00 bits per heavy atom. The largest absolute Gasteiger partial charge is 0.341 e. The molecule has 25 heavy (non-hydrogen) atoms. The second-order valence-electron chi connectivity index (χ2n) is 6.49. The van der Waals surface area contributed by atoms with Gasteiger partial charge in [0, 0.05) is 38.2 Å². The van der Waals surface area contributed by atoms with Gasteiger partial charge in [0.05, 0.1) is 0 Å². The fourth-order valence-corrected chi connectivity index (χ4v) is 3.11. The second-order valence-corrected chi connectivity index (χ2v) is 6.49. The van der Waals surface area contributed by atoms with Crippen molar-refractivity contribution < 1.29 is 14.0 Å². The molecule has 2 amide bonds. The van der Waals surface area contributed by atoms with Crippen molar-refractivity contribution in [3.05, 3.63) is 35.6 Å². The highest BCUT2D eigenvalue weighted by Gasteiger charge is 2.22. The fraction of sp³-hybridized carbons (Fsp3) is 0.579. The Labute approximate surface area is 149 Å². The topological polar surface area (TPSA) is 66.6 Å². The zero-order chi connectivity index (χ0) is 18.1. The normalized spacial score (nSPS) is 15.1. The third-order valence-electron chi connectivity index (χ3n) is 4.55. The number of carbonyl (C=O) groups is 2. The van der Waals surface area contributed by atoms with Crippen LogP contribution in [0.5, 0.6) is 0 Å². The second kappa shape index (κ2) is 10.1. The van der Waals surface area contributed by atoms with E-state index in [1.54, 1.807) is 17.0 Å². The van der Waals surface area contributed by atoms with Crippen molar-refractivity contribution >= 4 is 11.8 Å². The summed E-state index contributed by atoms with van der Waals surface area (Å²) < 4.78 is 13.3. The first-order chi connectivity index (χ1) is 12.1. The molecule has 138 valence electrons. The van der Waals surface area contributed by atoms with Gasteiger partial charge in [-0.05, 0) is 44.0 Å². The van der Waals surface area contributed by atoms with Gasteiger partial charge in [0.25, 0.3) is 5.91 Å². The summed E-state index contributed by atoms with van der Waals surface area (Å²) >= 11 is 0. The molecule has 1 saturated heterocycles. The summed E-state index contributed by atoms with van der Waals surface area (Å²) in [7, 11) is 0. The van der Waals surface area contributed by atoms with Crippen molar-refractivity contribution in [2.45, 2.75) is 38.5 Å². The number of hydrogen-bond acceptors (Lipinski definition) is 3. The van der Waals surface area contributed by atoms with Crippen LogP contribution in [0.15, 0.2) is 24.3 Å². The number of nitrogens with zero attached hydrogens (tertiary/aromatic N) is 2. The van der Waals surface area contributed by atoms with E-state index in [1.807, 2.05) is 4.90 Å². The third-order valence-corrected chi connectivity index (χ3v) is 4.55. The highest BCUT2D eigenvalue weighted by molar-refractivity contribution is 5.94. The Balaban J connectivity index is 1.81. The van der Waals surface area contributed by atoms with Crippen LogP contribution in [0.4, 0.5) is 4.39 Å². The predicted octanol–water partition coefficient (Wildman–Crippen LogP) is 2.41. The summed E-state index contributed by atoms with van der Waals surface area (Å²) in [6.45, 7) is 3.01. The molecule has 0 aliphatic carbocycles. The van der Waals surface area contributed by atoms with Crippen LogP contribution in [0.1, 0.15) is 48.9 Å². The minimum Gasteiger partial charge on any atom is -0.341 e. The average molecular weight is 349 g/mol.